The summed E-state index contributed by atoms with van der Waals surface area (Å²) in [7, 11) is 0. The molecule has 1 aromatic carbocycles. The van der Waals surface area contributed by atoms with Crippen molar-refractivity contribution < 1.29 is 176 Å². The number of halogens is 19. The first-order valence-corrected chi connectivity index (χ1v) is 34.1. The van der Waals surface area contributed by atoms with Crippen LogP contribution in [0.2, 0.25) is 0 Å². The fraction of sp³-hybridized carbons (Fsp3) is 0.656. The Morgan fingerprint density at radius 3 is 1.31 bits per heavy atom. The zero-order valence-electron chi connectivity index (χ0n) is 61.3. The number of aromatic hydroxyl groups is 1. The molecule has 0 bridgehead atoms. The van der Waals surface area contributed by atoms with E-state index in [-0.39, 0.29) is 57.3 Å². The molecule has 0 saturated carbocycles. The molecule has 670 valence electrons. The number of aliphatic carboxylic acids is 1. The molecular formula is C61H84F19N19O19. The Balaban J connectivity index is 2.32. The molecule has 1 aromatic rings. The minimum atomic E-state index is -9.20. The van der Waals surface area contributed by atoms with Crippen molar-refractivity contribution >= 4 is 88.8 Å². The average molecular weight is 1750 g/mol. The zero-order chi connectivity index (χ0) is 91.0. The van der Waals surface area contributed by atoms with Gasteiger partial charge in [-0.05, 0) is 76.5 Å². The van der Waals surface area contributed by atoms with Crippen molar-refractivity contribution in [3.05, 3.63) is 29.8 Å². The summed E-state index contributed by atoms with van der Waals surface area (Å²) >= 11 is 0. The van der Waals surface area contributed by atoms with Crippen LogP contribution in [0.15, 0.2) is 34.3 Å². The van der Waals surface area contributed by atoms with Gasteiger partial charge in [-0.25, -0.2) is 0 Å². The Kier molecular flexibility index (Phi) is 37.6. The number of phenols is 1. The quantitative estimate of drug-likeness (QED) is 0.0125. The Labute approximate surface area is 652 Å². The third-order valence-corrected chi connectivity index (χ3v) is 16.8. The van der Waals surface area contributed by atoms with Crippen molar-refractivity contribution in [3.8, 4) is 5.75 Å². The number of benzene rings is 1. The number of primary amides is 1. The molecule has 1 aliphatic heterocycles. The Bertz CT molecular complexity index is 3760. The average Bonchev–Trinajstić information content (AvgIpc) is 0.808. The number of aliphatic hydroxyl groups is 4. The van der Waals surface area contributed by atoms with Crippen molar-refractivity contribution in [3.63, 3.8) is 0 Å². The number of carboxylic acids is 1. The second-order valence-corrected chi connectivity index (χ2v) is 25.9. The van der Waals surface area contributed by atoms with Gasteiger partial charge < -0.3 is 123 Å². The molecular weight excluding hydrogens is 1660 g/mol. The van der Waals surface area contributed by atoms with Gasteiger partial charge >= 0.3 is 59.5 Å². The second-order valence-electron chi connectivity index (χ2n) is 25.9. The first kappa shape index (κ1) is 103. The summed E-state index contributed by atoms with van der Waals surface area (Å²) in [6.45, 7) is -9.18. The smallest absolute Gasteiger partial charge is 0.460 e. The van der Waals surface area contributed by atoms with E-state index in [2.05, 4.69) is 36.6 Å². The molecule has 118 heavy (non-hydrogen) atoms. The first-order chi connectivity index (χ1) is 54.1. The lowest BCUT2D eigenvalue weighted by atomic mass is 9.87. The van der Waals surface area contributed by atoms with Crippen LogP contribution in [-0.4, -0.2) is 303 Å². The number of carboxylic acid groups (broad SMARTS) is 1. The summed E-state index contributed by atoms with van der Waals surface area (Å²) in [6, 6.07) is -14.6. The first-order valence-electron chi connectivity index (χ1n) is 34.1. The number of guanidine groups is 2. The highest BCUT2D eigenvalue weighted by molar-refractivity contribution is 5.99. The van der Waals surface area contributed by atoms with Crippen molar-refractivity contribution in [1.29, 1.82) is 0 Å². The molecule has 1 aliphatic rings. The molecule has 0 aliphatic carbocycles. The van der Waals surface area contributed by atoms with Gasteiger partial charge in [0.2, 0.25) is 70.9 Å². The van der Waals surface area contributed by atoms with Gasteiger partial charge in [0.05, 0.1) is 45.6 Å². The number of aliphatic imine (C=N–C) groups is 2. The summed E-state index contributed by atoms with van der Waals surface area (Å²) in [5.74, 6) is -87.9. The Morgan fingerprint density at radius 2 is 0.881 bits per heavy atom. The zero-order valence-corrected chi connectivity index (χ0v) is 61.3. The predicted molar refractivity (Wildman–Crippen MR) is 360 cm³/mol. The molecule has 27 N–H and O–H groups in total. The number of aliphatic hydroxyl groups excluding tert-OH is 4. The third kappa shape index (κ3) is 26.8. The number of hydrogen-bond acceptors (Lipinski definition) is 21. The summed E-state index contributed by atoms with van der Waals surface area (Å²) in [6.07, 6.45) is -12.6. The van der Waals surface area contributed by atoms with Gasteiger partial charge in [0.15, 0.2) is 11.9 Å². The minimum Gasteiger partial charge on any atom is -0.508 e. The number of nitrogens with two attached hydrogens (primary N) is 5. The van der Waals surface area contributed by atoms with Gasteiger partial charge in [-0.2, -0.15) is 83.4 Å². The van der Waals surface area contributed by atoms with Crippen LogP contribution < -0.4 is 87.2 Å². The highest BCUT2D eigenvalue weighted by Gasteiger charge is 2.96. The van der Waals surface area contributed by atoms with Crippen LogP contribution in [0.4, 0.5) is 83.4 Å². The number of likely N-dealkylation sites (tertiary alicyclic amines) is 1. The van der Waals surface area contributed by atoms with E-state index >= 15 is 0 Å². The molecule has 0 unspecified atom stereocenters. The molecule has 38 nitrogen and oxygen atoms in total. The number of alkyl halides is 19. The van der Waals surface area contributed by atoms with E-state index in [1.807, 2.05) is 21.3 Å². The normalized spacial score (nSPS) is 16.3. The van der Waals surface area contributed by atoms with E-state index in [9.17, 15) is 176 Å². The van der Waals surface area contributed by atoms with Crippen LogP contribution >= 0.6 is 0 Å². The predicted octanol–water partition coefficient (Wildman–Crippen LogP) is -5.53. The molecule has 1 fully saturated rings. The van der Waals surface area contributed by atoms with Crippen molar-refractivity contribution in [2.45, 2.75) is 192 Å². The number of rotatable bonds is 49. The van der Waals surface area contributed by atoms with Crippen LogP contribution in [0.3, 0.4) is 0 Å². The fourth-order valence-corrected chi connectivity index (χ4v) is 10.3. The lowest BCUT2D eigenvalue weighted by Crippen LogP contribution is -2.76. The molecule has 57 heteroatoms. The maximum atomic E-state index is 14.7. The molecule has 2 rings (SSSR count). The molecule has 0 radical (unpaired) electrons. The topological polar surface area (TPSA) is 634 Å². The van der Waals surface area contributed by atoms with Gasteiger partial charge in [-0.15, -0.1) is 0 Å². The van der Waals surface area contributed by atoms with E-state index in [0.717, 1.165) is 41.4 Å². The SMILES string of the molecule is C[C@H](NC(=O)[C@H](CCCN=C(N)N)NC(=O)[C@H](CCCN=C(N)N)NC(=O)[C@H](CO)NC(=O)[C@H](CO)NC(=O)[C@H](CO)NC(=O)CNC(=O)[C@H](Cc1ccc(O)cc1)NC(=O)CNCC(F)(F)C(F)(F)C(F)(F)C(F)(F)C(F)(F)C(F)(F)C(F)(F)C(F)(F)C(F)(F)F)C(=O)N1CCC[C@H]1C(=O)N[C@@H](CCC(=O)O)C(=O)N[C@H](C(N)=O)[C@@H](C)O. The Hall–Kier alpha value is -10.9. The van der Waals surface area contributed by atoms with Crippen LogP contribution in [0.25, 0.3) is 0 Å². The van der Waals surface area contributed by atoms with E-state index in [1.165, 1.54) is 6.92 Å². The number of carbonyl (C=O) groups excluding carboxylic acids is 12. The molecule has 1 saturated heterocycles. The highest BCUT2D eigenvalue weighted by atomic mass is 19.4. The maximum Gasteiger partial charge on any atom is 0.460 e. The highest BCUT2D eigenvalue weighted by Crippen LogP contribution is 2.65. The van der Waals surface area contributed by atoms with E-state index < -0.39 is 280 Å². The molecule has 0 aromatic heterocycles. The second kappa shape index (κ2) is 43.0. The third-order valence-electron chi connectivity index (χ3n) is 16.8. The number of carbonyl (C=O) groups is 13. The van der Waals surface area contributed by atoms with Crippen LogP contribution in [0, 0.1) is 0 Å². The van der Waals surface area contributed by atoms with Crippen molar-refractivity contribution in [2.75, 3.05) is 59.1 Å². The lowest BCUT2D eigenvalue weighted by Gasteiger charge is -2.43. The van der Waals surface area contributed by atoms with E-state index in [0.29, 0.717) is 0 Å². The number of nitrogens with zero attached hydrogens (tertiary/aromatic N) is 3. The fourth-order valence-electron chi connectivity index (χ4n) is 10.3. The molecule has 1 heterocycles. The largest absolute Gasteiger partial charge is 0.508 e. The minimum absolute atomic E-state index is 0.0375. The summed E-state index contributed by atoms with van der Waals surface area (Å²) in [5.41, 5.74) is 26.8. The maximum absolute atomic E-state index is 14.7. The lowest BCUT2D eigenvalue weighted by molar-refractivity contribution is -0.468. The van der Waals surface area contributed by atoms with Crippen LogP contribution in [-0.2, 0) is 68.7 Å². The van der Waals surface area contributed by atoms with E-state index in [4.69, 9.17) is 28.7 Å². The van der Waals surface area contributed by atoms with Gasteiger partial charge in [-0.3, -0.25) is 72.3 Å². The monoisotopic (exact) mass is 1750 g/mol. The Morgan fingerprint density at radius 1 is 0.492 bits per heavy atom. The van der Waals surface area contributed by atoms with Crippen LogP contribution in [0.5, 0.6) is 5.75 Å². The number of nitrogens with one attached hydrogen (secondary N) is 11. The molecule has 11 atom stereocenters. The number of phenolic OH excluding ortho intramolecular Hbond substituents is 1. The van der Waals surface area contributed by atoms with Gasteiger partial charge in [0.25, 0.3) is 0 Å². The van der Waals surface area contributed by atoms with Crippen LogP contribution in [0.1, 0.15) is 70.8 Å². The van der Waals surface area contributed by atoms with E-state index in [1.54, 1.807) is 5.32 Å². The molecule has 0 spiro atoms. The number of hydrogen-bond donors (Lipinski definition) is 22. The number of amides is 12. The van der Waals surface area contributed by atoms with Gasteiger partial charge in [0, 0.05) is 32.5 Å². The summed E-state index contributed by atoms with van der Waals surface area (Å²) in [4.78, 5) is 181. The molecule has 12 amide bonds. The summed E-state index contributed by atoms with van der Waals surface area (Å²) < 4.78 is 263. The van der Waals surface area contributed by atoms with Crippen molar-refractivity contribution in [2.24, 2.45) is 38.7 Å². The standard InChI is InChI=1S/C61H84F19N19O19/c1-25(50(118)99-17-5-8-36(99)49(117)95-31(13-14-39(107)108)45(113)98-40(26(2)103)41(81)109)90-43(111)29(6-3-15-87-51(82)83)93-44(112)30(7-4-16-88-52(84)85)94-47(115)34(22-101)97-48(116)35(23-102)96-46(114)33(21-100)92-38(106)20-89-42(110)32(18-27-9-11-28(104)12-10-27)91-37(105)19-86-24-53(62,63)54(64,65)55(66,67)56(68,69)57(70,71)58(72,73)59(74,75)60(76,77)61(78,79)80/h9-12,25-26,29-36,40,86,100-104H,3-8,13-24H2,1-2H3,(H2,81,109)(H,89,110)(H,90,111)(H,91,105)(H,92,106)(H,93,112)(H,94,115)(H,95,117)(H,96,114)(H,97,116)(H,98,113)(H,107,108)(H4,82,83,87)(H4,84,85,88)/t25-,26+,29-,30-,31-,32-,33-,34-,35-,36-,40-/m0/s1. The summed E-state index contributed by atoms with van der Waals surface area (Å²) in [5, 5.41) is 80.8. The van der Waals surface area contributed by atoms with Gasteiger partial charge in [-0.1, -0.05) is 12.1 Å². The van der Waals surface area contributed by atoms with Gasteiger partial charge in [0.1, 0.15) is 66.2 Å². The van der Waals surface area contributed by atoms with Crippen molar-refractivity contribution in [1.82, 2.24) is 63.4 Å².